The number of ether oxygens (including phenoxy) is 2. The Bertz CT molecular complexity index is 906. The molecule has 1 unspecified atom stereocenters. The van der Waals surface area contributed by atoms with Crippen LogP contribution in [-0.2, 0) is 7.05 Å². The van der Waals surface area contributed by atoms with Gasteiger partial charge in [0.05, 0.1) is 14.2 Å². The van der Waals surface area contributed by atoms with Gasteiger partial charge in [-0.3, -0.25) is 9.69 Å². The van der Waals surface area contributed by atoms with Crippen LogP contribution in [0.25, 0.3) is 12.2 Å². The van der Waals surface area contributed by atoms with Crippen molar-refractivity contribution in [3.63, 3.8) is 0 Å². The van der Waals surface area contributed by atoms with Crippen LogP contribution >= 0.6 is 0 Å². The van der Waals surface area contributed by atoms with Crippen molar-refractivity contribution in [3.8, 4) is 11.5 Å². The molecule has 0 fully saturated rings. The lowest BCUT2D eigenvalue weighted by atomic mass is 10.2. The van der Waals surface area contributed by atoms with Gasteiger partial charge in [0.15, 0.2) is 23.0 Å². The quantitative estimate of drug-likeness (QED) is 0.820. The first-order valence-electron chi connectivity index (χ1n) is 9.19. The second-order valence-corrected chi connectivity index (χ2v) is 6.37. The predicted molar refractivity (Wildman–Crippen MR) is 107 cm³/mol. The number of hydrogen-bond acceptors (Lipinski definition) is 6. The summed E-state index contributed by atoms with van der Waals surface area (Å²) in [6.07, 6.45) is 2.72. The molecule has 1 atom stereocenters. The number of hydrogen-bond donors (Lipinski definition) is 1. The Morgan fingerprint density at radius 2 is 1.79 bits per heavy atom. The van der Waals surface area contributed by atoms with Crippen LogP contribution in [0.15, 0.2) is 18.2 Å². The van der Waals surface area contributed by atoms with Crippen molar-refractivity contribution in [2.24, 2.45) is 7.05 Å². The fourth-order valence-electron chi connectivity index (χ4n) is 3.36. The Morgan fingerprint density at radius 3 is 2.39 bits per heavy atom. The van der Waals surface area contributed by atoms with Crippen molar-refractivity contribution >= 4 is 23.9 Å². The Hall–Kier alpha value is -3.00. The third-order valence-electron chi connectivity index (χ3n) is 4.92. The smallest absolute Gasteiger partial charge is 0.277 e. The van der Waals surface area contributed by atoms with Gasteiger partial charge in [0, 0.05) is 20.1 Å². The van der Waals surface area contributed by atoms with Crippen molar-refractivity contribution in [2.45, 2.75) is 20.2 Å². The summed E-state index contributed by atoms with van der Waals surface area (Å²) < 4.78 is 12.3. The number of imidazole rings is 1. The molecule has 150 valence electrons. The van der Waals surface area contributed by atoms with E-state index >= 15 is 0 Å². The number of anilines is 1. The highest BCUT2D eigenvalue weighted by molar-refractivity contribution is 6.00. The van der Waals surface area contributed by atoms with E-state index in [4.69, 9.17) is 9.47 Å². The molecule has 1 aliphatic heterocycles. The zero-order valence-corrected chi connectivity index (χ0v) is 16.8. The summed E-state index contributed by atoms with van der Waals surface area (Å²) in [5, 5.41) is 10.5. The van der Waals surface area contributed by atoms with Crippen LogP contribution in [0, 0.1) is 0 Å². The van der Waals surface area contributed by atoms with Gasteiger partial charge in [-0.05, 0) is 37.6 Å². The number of nitrogens with zero attached hydrogens (tertiary/aromatic N) is 4. The largest absolute Gasteiger partial charge is 0.493 e. The first-order chi connectivity index (χ1) is 13.5. The molecule has 1 amide bonds. The zero-order chi connectivity index (χ0) is 20.4. The average molecular weight is 386 g/mol. The summed E-state index contributed by atoms with van der Waals surface area (Å²) >= 11 is 0. The van der Waals surface area contributed by atoms with E-state index in [-0.39, 0.29) is 5.91 Å². The van der Waals surface area contributed by atoms with E-state index in [2.05, 4.69) is 4.98 Å². The number of methoxy groups -OCH3 is 2. The second kappa shape index (κ2) is 7.93. The summed E-state index contributed by atoms with van der Waals surface area (Å²) in [5.74, 6) is 2.19. The summed E-state index contributed by atoms with van der Waals surface area (Å²) in [7, 11) is 4.99. The van der Waals surface area contributed by atoms with Gasteiger partial charge in [0.1, 0.15) is 5.82 Å². The van der Waals surface area contributed by atoms with Crippen molar-refractivity contribution in [1.82, 2.24) is 14.5 Å². The van der Waals surface area contributed by atoms with Crippen molar-refractivity contribution in [2.75, 3.05) is 32.2 Å². The summed E-state index contributed by atoms with van der Waals surface area (Å²) in [6, 6.07) is 5.61. The predicted octanol–water partition coefficient (Wildman–Crippen LogP) is 2.19. The maximum absolute atomic E-state index is 12.8. The first kappa shape index (κ1) is 19.8. The number of carbonyl (C=O) groups is 1. The lowest BCUT2D eigenvalue weighted by molar-refractivity contribution is 0.00343. The van der Waals surface area contributed by atoms with E-state index in [1.807, 2.05) is 44.2 Å². The maximum atomic E-state index is 12.8. The third kappa shape index (κ3) is 3.20. The molecule has 2 aromatic rings. The normalized spacial score (nSPS) is 16.6. The molecule has 1 aromatic heterocycles. The molecule has 0 saturated carbocycles. The number of fused-ring (bicyclic) bond motifs is 1. The van der Waals surface area contributed by atoms with E-state index in [0.29, 0.717) is 41.9 Å². The Labute approximate surface area is 164 Å². The fourth-order valence-corrected chi connectivity index (χ4v) is 3.36. The number of aromatic nitrogens is 2. The molecule has 1 N–H and O–H groups in total. The molecule has 8 heteroatoms. The average Bonchev–Trinajstić information content (AvgIpc) is 3.03. The van der Waals surface area contributed by atoms with Crippen LogP contribution in [0.2, 0.25) is 0 Å². The van der Waals surface area contributed by atoms with Gasteiger partial charge in [-0.1, -0.05) is 12.1 Å². The fraction of sp³-hybridized carbons (Fsp3) is 0.400. The monoisotopic (exact) mass is 386 g/mol. The minimum atomic E-state index is -1.01. The molecule has 0 saturated heterocycles. The first-order valence-corrected chi connectivity index (χ1v) is 9.19. The zero-order valence-electron chi connectivity index (χ0n) is 16.8. The number of amides is 1. The van der Waals surface area contributed by atoms with Gasteiger partial charge < -0.3 is 24.0 Å². The van der Waals surface area contributed by atoms with Crippen LogP contribution in [0.5, 0.6) is 11.5 Å². The standard InChI is InChI=1S/C20H26N4O4/c1-6-23-18-17(19(25)24(7-2)20(23)26)22(3)16(21-18)11-9-13-8-10-14(27-4)15(12-13)28-5/h8-12,20,26H,6-7H2,1-5H3/b11-9+. The Kier molecular flexibility index (Phi) is 5.60. The highest BCUT2D eigenvalue weighted by Gasteiger charge is 2.39. The Morgan fingerprint density at radius 1 is 1.11 bits per heavy atom. The number of aliphatic hydroxyl groups is 1. The Balaban J connectivity index is 1.99. The minimum absolute atomic E-state index is 0.226. The van der Waals surface area contributed by atoms with E-state index < -0.39 is 6.35 Å². The van der Waals surface area contributed by atoms with Crippen LogP contribution in [-0.4, -0.2) is 59.1 Å². The van der Waals surface area contributed by atoms with E-state index in [0.717, 1.165) is 5.56 Å². The lowest BCUT2D eigenvalue weighted by Gasteiger charge is -2.39. The van der Waals surface area contributed by atoms with Gasteiger partial charge in [-0.25, -0.2) is 4.98 Å². The molecule has 2 heterocycles. The van der Waals surface area contributed by atoms with Gasteiger partial charge in [-0.15, -0.1) is 0 Å². The molecule has 8 nitrogen and oxygen atoms in total. The number of rotatable bonds is 6. The molecule has 0 spiro atoms. The number of aliphatic hydroxyl groups excluding tert-OH is 1. The molecule has 3 rings (SSSR count). The van der Waals surface area contributed by atoms with Crippen LogP contribution in [0.1, 0.15) is 35.7 Å². The van der Waals surface area contributed by atoms with Gasteiger partial charge in [0.25, 0.3) is 5.91 Å². The molecular formula is C20H26N4O4. The molecule has 0 bridgehead atoms. The van der Waals surface area contributed by atoms with Gasteiger partial charge in [0.2, 0.25) is 6.35 Å². The van der Waals surface area contributed by atoms with E-state index in [1.165, 1.54) is 4.90 Å². The van der Waals surface area contributed by atoms with Crippen molar-refractivity contribution in [3.05, 3.63) is 35.3 Å². The maximum Gasteiger partial charge on any atom is 0.277 e. The third-order valence-corrected chi connectivity index (χ3v) is 4.92. The summed E-state index contributed by atoms with van der Waals surface area (Å²) in [5.41, 5.74) is 1.38. The highest BCUT2D eigenvalue weighted by atomic mass is 16.5. The minimum Gasteiger partial charge on any atom is -0.493 e. The van der Waals surface area contributed by atoms with Crippen LogP contribution < -0.4 is 14.4 Å². The van der Waals surface area contributed by atoms with Gasteiger partial charge in [-0.2, -0.15) is 0 Å². The van der Waals surface area contributed by atoms with E-state index in [9.17, 15) is 9.90 Å². The van der Waals surface area contributed by atoms with Gasteiger partial charge >= 0.3 is 0 Å². The molecule has 0 radical (unpaired) electrons. The molecular weight excluding hydrogens is 360 g/mol. The molecule has 0 aliphatic carbocycles. The van der Waals surface area contributed by atoms with Crippen LogP contribution in [0.4, 0.5) is 5.82 Å². The lowest BCUT2D eigenvalue weighted by Crippen LogP contribution is -2.55. The molecule has 1 aromatic carbocycles. The number of benzene rings is 1. The van der Waals surface area contributed by atoms with Crippen molar-refractivity contribution < 1.29 is 19.4 Å². The second-order valence-electron chi connectivity index (χ2n) is 6.37. The van der Waals surface area contributed by atoms with Crippen molar-refractivity contribution in [1.29, 1.82) is 0 Å². The van der Waals surface area contributed by atoms with E-state index in [1.54, 1.807) is 30.7 Å². The van der Waals surface area contributed by atoms with Crippen LogP contribution in [0.3, 0.4) is 0 Å². The SMILES string of the molecule is CCN1C(=O)c2c(nc(/C=C/c3ccc(OC)c(OC)c3)n2C)N(CC)C1O. The molecule has 1 aliphatic rings. The highest BCUT2D eigenvalue weighted by Crippen LogP contribution is 2.31. The molecule has 28 heavy (non-hydrogen) atoms. The number of carbonyl (C=O) groups excluding carboxylic acids is 1. The summed E-state index contributed by atoms with van der Waals surface area (Å²) in [4.78, 5) is 20.6. The summed E-state index contributed by atoms with van der Waals surface area (Å²) in [6.45, 7) is 4.71. The topological polar surface area (TPSA) is 80.1 Å².